The number of thioether (sulfide) groups is 1. The Balaban J connectivity index is 2.28. The summed E-state index contributed by atoms with van der Waals surface area (Å²) < 4.78 is 0. The molecule has 1 nitrogen and oxygen atoms in total. The summed E-state index contributed by atoms with van der Waals surface area (Å²) in [6, 6.07) is 6.70. The lowest BCUT2D eigenvalue weighted by Gasteiger charge is -2.04. The molecule has 0 aromatic heterocycles. The Hall–Kier alpha value is -0.470. The third kappa shape index (κ3) is 4.72. The van der Waals surface area contributed by atoms with E-state index < -0.39 is 0 Å². The van der Waals surface area contributed by atoms with Gasteiger partial charge in [0.2, 0.25) is 0 Å². The topological polar surface area (TPSA) is 26.0 Å². The standard InChI is InChI=1S/C13H21NS/c1-11-6-7-13(10-12(11)2)15-9-5-3-4-8-14/h6-7,10H,3-5,8-9,14H2,1-2H3. The van der Waals surface area contributed by atoms with Crippen LogP contribution in [-0.4, -0.2) is 12.3 Å². The van der Waals surface area contributed by atoms with E-state index in [1.54, 1.807) is 0 Å². The van der Waals surface area contributed by atoms with Crippen molar-refractivity contribution in [3.8, 4) is 0 Å². The lowest BCUT2D eigenvalue weighted by Crippen LogP contribution is -1.97. The van der Waals surface area contributed by atoms with Gasteiger partial charge in [-0.2, -0.15) is 0 Å². The van der Waals surface area contributed by atoms with E-state index >= 15 is 0 Å². The van der Waals surface area contributed by atoms with E-state index in [0.29, 0.717) is 0 Å². The van der Waals surface area contributed by atoms with Crippen LogP contribution >= 0.6 is 11.8 Å². The van der Waals surface area contributed by atoms with Gasteiger partial charge >= 0.3 is 0 Å². The van der Waals surface area contributed by atoms with Crippen LogP contribution in [0.1, 0.15) is 30.4 Å². The van der Waals surface area contributed by atoms with Crippen LogP contribution in [0.3, 0.4) is 0 Å². The third-order valence-electron chi connectivity index (χ3n) is 2.60. The second kappa shape index (κ2) is 6.91. The van der Waals surface area contributed by atoms with Crippen molar-refractivity contribution in [2.45, 2.75) is 38.0 Å². The van der Waals surface area contributed by atoms with Crippen LogP contribution in [-0.2, 0) is 0 Å². The average Bonchev–Trinajstić information content (AvgIpc) is 2.23. The van der Waals surface area contributed by atoms with Crippen molar-refractivity contribution in [1.82, 2.24) is 0 Å². The molecule has 0 aliphatic heterocycles. The third-order valence-corrected chi connectivity index (χ3v) is 3.68. The zero-order valence-electron chi connectivity index (χ0n) is 9.75. The van der Waals surface area contributed by atoms with Gasteiger partial charge in [0.1, 0.15) is 0 Å². The minimum Gasteiger partial charge on any atom is -0.330 e. The van der Waals surface area contributed by atoms with Crippen molar-refractivity contribution >= 4 is 11.8 Å². The van der Waals surface area contributed by atoms with E-state index in [2.05, 4.69) is 32.0 Å². The van der Waals surface area contributed by atoms with Crippen molar-refractivity contribution in [2.75, 3.05) is 12.3 Å². The molecule has 0 saturated heterocycles. The lowest BCUT2D eigenvalue weighted by atomic mass is 10.1. The average molecular weight is 223 g/mol. The zero-order valence-corrected chi connectivity index (χ0v) is 10.6. The predicted molar refractivity (Wildman–Crippen MR) is 69.5 cm³/mol. The molecule has 2 N–H and O–H groups in total. The molecule has 1 aromatic carbocycles. The molecular weight excluding hydrogens is 202 g/mol. The predicted octanol–water partition coefficient (Wildman–Crippen LogP) is 3.52. The molecule has 84 valence electrons. The van der Waals surface area contributed by atoms with Crippen LogP contribution < -0.4 is 5.73 Å². The minimum absolute atomic E-state index is 0.828. The van der Waals surface area contributed by atoms with Gasteiger partial charge in [-0.05, 0) is 62.2 Å². The fraction of sp³-hybridized carbons (Fsp3) is 0.538. The first-order valence-electron chi connectivity index (χ1n) is 5.64. The quantitative estimate of drug-likeness (QED) is 0.590. The summed E-state index contributed by atoms with van der Waals surface area (Å²) in [5.74, 6) is 1.21. The van der Waals surface area contributed by atoms with Crippen LogP contribution in [0.2, 0.25) is 0 Å². The molecule has 0 radical (unpaired) electrons. The Morgan fingerprint density at radius 2 is 1.87 bits per heavy atom. The summed E-state index contributed by atoms with van der Waals surface area (Å²) in [6.07, 6.45) is 3.69. The molecule has 0 amide bonds. The van der Waals surface area contributed by atoms with Crippen molar-refractivity contribution in [2.24, 2.45) is 5.73 Å². The smallest absolute Gasteiger partial charge is 0.00747 e. The Morgan fingerprint density at radius 3 is 2.53 bits per heavy atom. The minimum atomic E-state index is 0.828. The molecular formula is C13H21NS. The van der Waals surface area contributed by atoms with Gasteiger partial charge in [-0.1, -0.05) is 12.5 Å². The maximum atomic E-state index is 5.45. The number of hydrogen-bond acceptors (Lipinski definition) is 2. The highest BCUT2D eigenvalue weighted by Gasteiger charge is 1.97. The molecule has 0 unspecified atom stereocenters. The highest BCUT2D eigenvalue weighted by molar-refractivity contribution is 7.99. The summed E-state index contributed by atoms with van der Waals surface area (Å²) in [5, 5.41) is 0. The van der Waals surface area contributed by atoms with E-state index in [1.807, 2.05) is 11.8 Å². The van der Waals surface area contributed by atoms with E-state index in [0.717, 1.165) is 13.0 Å². The highest BCUT2D eigenvalue weighted by atomic mass is 32.2. The maximum Gasteiger partial charge on any atom is 0.00747 e. The Morgan fingerprint density at radius 1 is 1.07 bits per heavy atom. The molecule has 2 heteroatoms. The van der Waals surface area contributed by atoms with Gasteiger partial charge in [0.15, 0.2) is 0 Å². The summed E-state index contributed by atoms with van der Waals surface area (Å²) in [6.45, 7) is 5.16. The maximum absolute atomic E-state index is 5.45. The largest absolute Gasteiger partial charge is 0.330 e. The molecule has 0 saturated carbocycles. The second-order valence-electron chi connectivity index (χ2n) is 3.94. The van der Waals surface area contributed by atoms with Gasteiger partial charge in [-0.3, -0.25) is 0 Å². The molecule has 1 aromatic rings. The fourth-order valence-corrected chi connectivity index (χ4v) is 2.43. The summed E-state index contributed by atoms with van der Waals surface area (Å²) in [4.78, 5) is 1.39. The molecule has 1 rings (SSSR count). The first-order valence-corrected chi connectivity index (χ1v) is 6.62. The van der Waals surface area contributed by atoms with Crippen LogP contribution in [0.25, 0.3) is 0 Å². The van der Waals surface area contributed by atoms with Crippen LogP contribution in [0.4, 0.5) is 0 Å². The van der Waals surface area contributed by atoms with Gasteiger partial charge in [0.05, 0.1) is 0 Å². The van der Waals surface area contributed by atoms with Gasteiger partial charge < -0.3 is 5.73 Å². The van der Waals surface area contributed by atoms with E-state index in [4.69, 9.17) is 5.73 Å². The number of rotatable bonds is 6. The molecule has 15 heavy (non-hydrogen) atoms. The van der Waals surface area contributed by atoms with Crippen LogP contribution in [0, 0.1) is 13.8 Å². The van der Waals surface area contributed by atoms with Crippen LogP contribution in [0.15, 0.2) is 23.1 Å². The summed E-state index contributed by atoms with van der Waals surface area (Å²) in [7, 11) is 0. The van der Waals surface area contributed by atoms with E-state index in [1.165, 1.54) is 34.6 Å². The Labute approximate surface area is 97.4 Å². The van der Waals surface area contributed by atoms with Crippen molar-refractivity contribution in [3.63, 3.8) is 0 Å². The summed E-state index contributed by atoms with van der Waals surface area (Å²) in [5.41, 5.74) is 8.22. The molecule has 0 aliphatic rings. The molecule has 0 bridgehead atoms. The lowest BCUT2D eigenvalue weighted by molar-refractivity contribution is 0.732. The number of nitrogens with two attached hydrogens (primary N) is 1. The molecule has 0 fully saturated rings. The monoisotopic (exact) mass is 223 g/mol. The number of hydrogen-bond donors (Lipinski definition) is 1. The van der Waals surface area contributed by atoms with Gasteiger partial charge in [0, 0.05) is 4.90 Å². The van der Waals surface area contributed by atoms with Gasteiger partial charge in [-0.15, -0.1) is 11.8 Å². The van der Waals surface area contributed by atoms with Gasteiger partial charge in [0.25, 0.3) is 0 Å². The number of benzene rings is 1. The number of unbranched alkanes of at least 4 members (excludes halogenated alkanes) is 2. The van der Waals surface area contributed by atoms with Gasteiger partial charge in [-0.25, -0.2) is 0 Å². The van der Waals surface area contributed by atoms with Crippen molar-refractivity contribution in [1.29, 1.82) is 0 Å². The normalized spacial score (nSPS) is 10.6. The molecule has 0 aliphatic carbocycles. The Bertz CT molecular complexity index is 297. The fourth-order valence-electron chi connectivity index (χ4n) is 1.42. The highest BCUT2D eigenvalue weighted by Crippen LogP contribution is 2.22. The Kier molecular flexibility index (Phi) is 5.81. The first kappa shape index (κ1) is 12.6. The molecule has 0 spiro atoms. The second-order valence-corrected chi connectivity index (χ2v) is 5.11. The molecule has 0 heterocycles. The first-order chi connectivity index (χ1) is 7.24. The molecule has 0 atom stereocenters. The van der Waals surface area contributed by atoms with Crippen LogP contribution in [0.5, 0.6) is 0 Å². The SMILES string of the molecule is Cc1ccc(SCCCCCN)cc1C. The van der Waals surface area contributed by atoms with E-state index in [9.17, 15) is 0 Å². The van der Waals surface area contributed by atoms with Crippen molar-refractivity contribution < 1.29 is 0 Å². The van der Waals surface area contributed by atoms with E-state index in [-0.39, 0.29) is 0 Å². The van der Waals surface area contributed by atoms with Crippen molar-refractivity contribution in [3.05, 3.63) is 29.3 Å². The summed E-state index contributed by atoms with van der Waals surface area (Å²) >= 11 is 1.95. The number of aryl methyl sites for hydroxylation is 2. The zero-order chi connectivity index (χ0) is 11.1.